The van der Waals surface area contributed by atoms with E-state index in [9.17, 15) is 8.42 Å². The predicted molar refractivity (Wildman–Crippen MR) is 37.0 cm³/mol. The van der Waals surface area contributed by atoms with Crippen LogP contribution < -0.4 is 0 Å². The summed E-state index contributed by atoms with van der Waals surface area (Å²) in [7, 11) is 1.86. The van der Waals surface area contributed by atoms with Crippen LogP contribution in [0, 0.1) is 5.92 Å². The molecule has 54 valence electrons. The van der Waals surface area contributed by atoms with Gasteiger partial charge in [0.1, 0.15) is 0 Å². The average Bonchev–Trinajstić information content (AvgIpc) is 2.39. The van der Waals surface area contributed by atoms with Crippen molar-refractivity contribution >= 4 is 19.7 Å². The van der Waals surface area contributed by atoms with Gasteiger partial charge in [0.05, 0.1) is 5.25 Å². The van der Waals surface area contributed by atoms with Crippen LogP contribution in [0.3, 0.4) is 0 Å². The summed E-state index contributed by atoms with van der Waals surface area (Å²) in [6.45, 7) is 1.98. The van der Waals surface area contributed by atoms with Gasteiger partial charge in [0.25, 0.3) is 0 Å². The molecule has 9 heavy (non-hydrogen) atoms. The summed E-state index contributed by atoms with van der Waals surface area (Å²) >= 11 is 0. The van der Waals surface area contributed by atoms with E-state index in [1.165, 1.54) is 0 Å². The predicted octanol–water partition coefficient (Wildman–Crippen LogP) is 1.35. The Hall–Kier alpha value is 0.240. The minimum absolute atomic E-state index is 0.232. The molecule has 0 radical (unpaired) electrons. The molecular formula is C5H9ClO2S. The normalized spacial score (nSPS) is 34.4. The van der Waals surface area contributed by atoms with Crippen LogP contribution in [0.25, 0.3) is 0 Å². The summed E-state index contributed by atoms with van der Waals surface area (Å²) in [5.74, 6) is 0.340. The van der Waals surface area contributed by atoms with Crippen molar-refractivity contribution in [2.45, 2.75) is 25.0 Å². The molecule has 0 N–H and O–H groups in total. The molecule has 0 spiro atoms. The Morgan fingerprint density at radius 2 is 2.22 bits per heavy atom. The molecule has 0 bridgehead atoms. The van der Waals surface area contributed by atoms with Gasteiger partial charge in [-0.2, -0.15) is 0 Å². The number of rotatable bonds is 2. The Morgan fingerprint density at radius 1 is 1.67 bits per heavy atom. The standard InChI is InChI=1S/C5H9ClO2S/c1-2-4-3-5(4)9(6,7)8/h4-5H,2-3H2,1H3. The Labute approximate surface area is 59.6 Å². The second-order valence-corrected chi connectivity index (χ2v) is 5.27. The highest BCUT2D eigenvalue weighted by molar-refractivity contribution is 8.14. The summed E-state index contributed by atoms with van der Waals surface area (Å²) in [6.07, 6.45) is 1.69. The van der Waals surface area contributed by atoms with Crippen LogP contribution in [0.2, 0.25) is 0 Å². The van der Waals surface area contributed by atoms with E-state index in [1.807, 2.05) is 6.92 Å². The molecular weight excluding hydrogens is 160 g/mol. The zero-order valence-corrected chi connectivity index (χ0v) is 6.74. The summed E-state index contributed by atoms with van der Waals surface area (Å²) in [5.41, 5.74) is 0. The van der Waals surface area contributed by atoms with Gasteiger partial charge in [0, 0.05) is 10.7 Å². The van der Waals surface area contributed by atoms with Crippen LogP contribution in [0.15, 0.2) is 0 Å². The third-order valence-electron chi connectivity index (χ3n) is 1.74. The van der Waals surface area contributed by atoms with Crippen LogP contribution in [0.1, 0.15) is 19.8 Å². The molecule has 2 nitrogen and oxygen atoms in total. The van der Waals surface area contributed by atoms with Crippen LogP contribution in [-0.2, 0) is 9.05 Å². The van der Waals surface area contributed by atoms with E-state index < -0.39 is 9.05 Å². The minimum Gasteiger partial charge on any atom is -0.212 e. The molecule has 1 fully saturated rings. The van der Waals surface area contributed by atoms with Crippen molar-refractivity contribution in [3.8, 4) is 0 Å². The van der Waals surface area contributed by atoms with E-state index in [0.717, 1.165) is 12.8 Å². The van der Waals surface area contributed by atoms with E-state index in [0.29, 0.717) is 5.92 Å². The van der Waals surface area contributed by atoms with Crippen LogP contribution in [0.5, 0.6) is 0 Å². The lowest BCUT2D eigenvalue weighted by atomic mass is 10.3. The maximum absolute atomic E-state index is 10.5. The monoisotopic (exact) mass is 168 g/mol. The van der Waals surface area contributed by atoms with Crippen molar-refractivity contribution in [3.63, 3.8) is 0 Å². The van der Waals surface area contributed by atoms with Gasteiger partial charge in [-0.05, 0) is 12.3 Å². The first-order chi connectivity index (χ1) is 4.05. The highest BCUT2D eigenvalue weighted by Crippen LogP contribution is 2.41. The molecule has 0 aliphatic heterocycles. The molecule has 1 saturated carbocycles. The van der Waals surface area contributed by atoms with Crippen molar-refractivity contribution < 1.29 is 8.42 Å². The summed E-state index contributed by atoms with van der Waals surface area (Å²) in [4.78, 5) is 0. The first-order valence-corrected chi connectivity index (χ1v) is 5.36. The van der Waals surface area contributed by atoms with E-state index in [4.69, 9.17) is 10.7 Å². The average molecular weight is 169 g/mol. The second-order valence-electron chi connectivity index (χ2n) is 2.42. The van der Waals surface area contributed by atoms with Crippen molar-refractivity contribution in [1.29, 1.82) is 0 Å². The highest BCUT2D eigenvalue weighted by atomic mass is 35.7. The molecule has 1 rings (SSSR count). The molecule has 2 atom stereocenters. The third-order valence-corrected chi connectivity index (χ3v) is 3.73. The molecule has 0 heterocycles. The van der Waals surface area contributed by atoms with Crippen molar-refractivity contribution in [2.75, 3.05) is 0 Å². The van der Waals surface area contributed by atoms with Crippen LogP contribution in [0.4, 0.5) is 0 Å². The minimum atomic E-state index is -3.22. The summed E-state index contributed by atoms with van der Waals surface area (Å²) < 4.78 is 21.1. The van der Waals surface area contributed by atoms with Crippen molar-refractivity contribution in [2.24, 2.45) is 5.92 Å². The summed E-state index contributed by atoms with van der Waals surface area (Å²) in [6, 6.07) is 0. The molecule has 1 aliphatic carbocycles. The van der Waals surface area contributed by atoms with Gasteiger partial charge in [-0.25, -0.2) is 8.42 Å². The highest BCUT2D eigenvalue weighted by Gasteiger charge is 2.44. The maximum Gasteiger partial charge on any atom is 0.235 e. The first kappa shape index (κ1) is 7.35. The molecule has 0 aromatic heterocycles. The van der Waals surface area contributed by atoms with Gasteiger partial charge in [-0.15, -0.1) is 0 Å². The number of hydrogen-bond donors (Lipinski definition) is 0. The van der Waals surface area contributed by atoms with E-state index in [2.05, 4.69) is 0 Å². The zero-order chi connectivity index (χ0) is 7.07. The van der Waals surface area contributed by atoms with Crippen molar-refractivity contribution in [3.05, 3.63) is 0 Å². The fourth-order valence-corrected chi connectivity index (χ4v) is 2.78. The molecule has 2 unspecified atom stereocenters. The fraction of sp³-hybridized carbons (Fsp3) is 1.00. The fourth-order valence-electron chi connectivity index (χ4n) is 0.994. The smallest absolute Gasteiger partial charge is 0.212 e. The van der Waals surface area contributed by atoms with E-state index in [1.54, 1.807) is 0 Å². The molecule has 0 saturated heterocycles. The topological polar surface area (TPSA) is 34.1 Å². The van der Waals surface area contributed by atoms with Crippen LogP contribution in [-0.4, -0.2) is 13.7 Å². The molecule has 1 aliphatic rings. The maximum atomic E-state index is 10.5. The first-order valence-electron chi connectivity index (χ1n) is 2.99. The Balaban J connectivity index is 2.53. The third kappa shape index (κ3) is 1.58. The van der Waals surface area contributed by atoms with Gasteiger partial charge in [-0.1, -0.05) is 13.3 Å². The van der Waals surface area contributed by atoms with E-state index in [-0.39, 0.29) is 5.25 Å². The van der Waals surface area contributed by atoms with Gasteiger partial charge in [0.2, 0.25) is 9.05 Å². The Morgan fingerprint density at radius 3 is 2.33 bits per heavy atom. The van der Waals surface area contributed by atoms with Crippen LogP contribution >= 0.6 is 10.7 Å². The van der Waals surface area contributed by atoms with Gasteiger partial charge < -0.3 is 0 Å². The lowest BCUT2D eigenvalue weighted by molar-refractivity contribution is 0.605. The molecule has 0 amide bonds. The number of hydrogen-bond acceptors (Lipinski definition) is 2. The number of halogens is 1. The molecule has 4 heteroatoms. The van der Waals surface area contributed by atoms with E-state index >= 15 is 0 Å². The van der Waals surface area contributed by atoms with Gasteiger partial charge in [0.15, 0.2) is 0 Å². The summed E-state index contributed by atoms with van der Waals surface area (Å²) in [5, 5.41) is -0.232. The SMILES string of the molecule is CCC1CC1S(=O)(=O)Cl. The quantitative estimate of drug-likeness (QED) is 0.584. The lowest BCUT2D eigenvalue weighted by Crippen LogP contribution is -1.98. The van der Waals surface area contributed by atoms with Gasteiger partial charge in [-0.3, -0.25) is 0 Å². The molecule has 0 aromatic rings. The molecule has 0 aromatic carbocycles. The second kappa shape index (κ2) is 2.13. The lowest BCUT2D eigenvalue weighted by Gasteiger charge is -1.88. The largest absolute Gasteiger partial charge is 0.235 e. The van der Waals surface area contributed by atoms with Crippen molar-refractivity contribution in [1.82, 2.24) is 0 Å². The Kier molecular flexibility index (Phi) is 1.74. The van der Waals surface area contributed by atoms with Gasteiger partial charge >= 0.3 is 0 Å². The Bertz CT molecular complexity index is 197. The zero-order valence-electron chi connectivity index (χ0n) is 5.17.